The second-order valence-corrected chi connectivity index (χ2v) is 13.0. The second kappa shape index (κ2) is 18.4. The highest BCUT2D eigenvalue weighted by Crippen LogP contribution is 2.27. The molecule has 1 aliphatic rings. The van der Waals surface area contributed by atoms with Crippen molar-refractivity contribution in [2.75, 3.05) is 20.3 Å². The summed E-state index contributed by atoms with van der Waals surface area (Å²) in [6, 6.07) is 23.3. The predicted molar refractivity (Wildman–Crippen MR) is 198 cm³/mol. The molecule has 0 amide bonds. The molecule has 0 atom stereocenters. The molecule has 13 heteroatoms. The maximum atomic E-state index is 15.1. The fourth-order valence-electron chi connectivity index (χ4n) is 5.04. The Balaban J connectivity index is 0.000000534. The summed E-state index contributed by atoms with van der Waals surface area (Å²) < 4.78 is 56.2. The van der Waals surface area contributed by atoms with E-state index in [4.69, 9.17) is 35.1 Å². The lowest BCUT2D eigenvalue weighted by Gasteiger charge is -2.11. The van der Waals surface area contributed by atoms with Crippen LogP contribution in [0.4, 0.5) is 8.78 Å². The number of rotatable bonds is 11. The minimum atomic E-state index is -0.467. The van der Waals surface area contributed by atoms with E-state index in [1.807, 2.05) is 38.1 Å². The van der Waals surface area contributed by atoms with Crippen LogP contribution < -0.4 is 14.2 Å². The van der Waals surface area contributed by atoms with Crippen LogP contribution in [-0.4, -0.2) is 45.6 Å². The molecule has 53 heavy (non-hydrogen) atoms. The van der Waals surface area contributed by atoms with Gasteiger partial charge in [0, 0.05) is 35.2 Å². The zero-order valence-corrected chi connectivity index (χ0v) is 31.0. The van der Waals surface area contributed by atoms with Crippen molar-refractivity contribution < 1.29 is 32.3 Å². The molecule has 4 heterocycles. The number of ether oxygens (including phenoxy) is 4. The first-order valence-electron chi connectivity index (χ1n) is 17.2. The van der Waals surface area contributed by atoms with E-state index in [1.165, 1.54) is 18.6 Å². The Labute approximate surface area is 312 Å². The standard InChI is InChI=1S/C32H24ClF2N5O4.C6H12O.C2H6/c1-41-24-11-5-19(6-12-24)17-42-31-16-28(44-40-31)32-37-29(38-39-32)14-20-7-8-21(13-25(20)34)27-3-2-4-30(36-27)43-18-22-9-10-23(33)15-26(22)35;1-6(2)3-4-7-5-6;1-2/h2-13,15-16H,14,17-18H2,1H3,(H,37,38,39);3-5H2,1-2H3;1-2H3. The molecule has 3 aromatic heterocycles. The quantitative estimate of drug-likeness (QED) is 0.138. The maximum Gasteiger partial charge on any atom is 0.255 e. The normalized spacial score (nSPS) is 13.0. The van der Waals surface area contributed by atoms with Gasteiger partial charge in [-0.2, -0.15) is 0 Å². The number of nitrogens with one attached hydrogen (secondary N) is 1. The van der Waals surface area contributed by atoms with E-state index >= 15 is 4.39 Å². The van der Waals surface area contributed by atoms with E-state index in [0.29, 0.717) is 51.0 Å². The van der Waals surface area contributed by atoms with Crippen LogP contribution in [0.1, 0.15) is 56.6 Å². The number of aromatic amines is 1. The number of halogens is 3. The smallest absolute Gasteiger partial charge is 0.255 e. The van der Waals surface area contributed by atoms with Crippen molar-refractivity contribution in [2.45, 2.75) is 53.8 Å². The van der Waals surface area contributed by atoms with Crippen molar-refractivity contribution in [1.29, 1.82) is 0 Å². The van der Waals surface area contributed by atoms with Crippen molar-refractivity contribution >= 4 is 11.6 Å². The monoisotopic (exact) mass is 745 g/mol. The molecule has 0 aliphatic carbocycles. The number of hydrogen-bond acceptors (Lipinski definition) is 9. The summed E-state index contributed by atoms with van der Waals surface area (Å²) >= 11 is 5.81. The van der Waals surface area contributed by atoms with Crippen LogP contribution in [0.5, 0.6) is 17.5 Å². The highest BCUT2D eigenvalue weighted by Gasteiger charge is 2.23. The molecule has 0 unspecified atom stereocenters. The van der Waals surface area contributed by atoms with Crippen LogP contribution in [0.2, 0.25) is 5.02 Å². The number of benzene rings is 3. The van der Waals surface area contributed by atoms with E-state index in [1.54, 1.807) is 55.6 Å². The molecule has 1 N–H and O–H groups in total. The lowest BCUT2D eigenvalue weighted by molar-refractivity contribution is 0.167. The Hall–Kier alpha value is -5.33. The summed E-state index contributed by atoms with van der Waals surface area (Å²) in [6.07, 6.45) is 1.39. The van der Waals surface area contributed by atoms with Crippen LogP contribution >= 0.6 is 11.6 Å². The molecule has 1 aliphatic heterocycles. The average molecular weight is 746 g/mol. The lowest BCUT2D eigenvalue weighted by atomic mass is 9.94. The molecule has 0 saturated carbocycles. The van der Waals surface area contributed by atoms with Gasteiger partial charge >= 0.3 is 0 Å². The topological polar surface area (TPSA) is 117 Å². The molecule has 1 saturated heterocycles. The average Bonchev–Trinajstić information content (AvgIpc) is 3.94. The van der Waals surface area contributed by atoms with Gasteiger partial charge in [-0.1, -0.05) is 75.7 Å². The van der Waals surface area contributed by atoms with Gasteiger partial charge in [-0.3, -0.25) is 5.10 Å². The largest absolute Gasteiger partial charge is 0.497 e. The van der Waals surface area contributed by atoms with Crippen LogP contribution in [0.25, 0.3) is 22.8 Å². The number of nitrogens with zero attached hydrogens (tertiary/aromatic N) is 4. The third-order valence-electron chi connectivity index (χ3n) is 8.02. The molecular formula is C40H42ClF2N5O5. The van der Waals surface area contributed by atoms with Gasteiger partial charge in [0.05, 0.1) is 25.5 Å². The van der Waals surface area contributed by atoms with Gasteiger partial charge in [-0.05, 0) is 64.5 Å². The summed E-state index contributed by atoms with van der Waals surface area (Å²) in [7, 11) is 1.61. The summed E-state index contributed by atoms with van der Waals surface area (Å²) in [5.41, 5.74) is 3.21. The van der Waals surface area contributed by atoms with Gasteiger partial charge in [0.25, 0.3) is 5.88 Å². The number of aromatic nitrogens is 5. The van der Waals surface area contributed by atoms with Crippen LogP contribution in [0.15, 0.2) is 89.5 Å². The maximum absolute atomic E-state index is 15.1. The molecule has 10 nitrogen and oxygen atoms in total. The zero-order chi connectivity index (χ0) is 37.8. The van der Waals surface area contributed by atoms with E-state index in [2.05, 4.69) is 39.2 Å². The van der Waals surface area contributed by atoms with Gasteiger partial charge < -0.3 is 23.5 Å². The van der Waals surface area contributed by atoms with Crippen molar-refractivity contribution in [3.63, 3.8) is 0 Å². The van der Waals surface area contributed by atoms with Crippen LogP contribution in [0, 0.1) is 17.0 Å². The summed E-state index contributed by atoms with van der Waals surface area (Å²) in [5.74, 6) is 1.42. The second-order valence-electron chi connectivity index (χ2n) is 12.6. The molecule has 0 radical (unpaired) electrons. The molecule has 0 bridgehead atoms. The molecule has 278 valence electrons. The molecule has 7 rings (SSSR count). The van der Waals surface area contributed by atoms with E-state index in [0.717, 1.165) is 24.5 Å². The van der Waals surface area contributed by atoms with E-state index in [9.17, 15) is 4.39 Å². The summed E-state index contributed by atoms with van der Waals surface area (Å²) in [5, 5.41) is 11.2. The number of pyridine rings is 1. The van der Waals surface area contributed by atoms with Crippen molar-refractivity contribution in [3.8, 4) is 40.4 Å². The Morgan fingerprint density at radius 3 is 2.28 bits per heavy atom. The third kappa shape index (κ3) is 11.1. The van der Waals surface area contributed by atoms with E-state index < -0.39 is 11.6 Å². The zero-order valence-electron chi connectivity index (χ0n) is 30.3. The van der Waals surface area contributed by atoms with Gasteiger partial charge in [-0.25, -0.2) is 18.7 Å². The van der Waals surface area contributed by atoms with Crippen molar-refractivity contribution in [1.82, 2.24) is 25.3 Å². The van der Waals surface area contributed by atoms with Crippen LogP contribution in [0.3, 0.4) is 0 Å². The molecule has 6 aromatic rings. The van der Waals surface area contributed by atoms with Gasteiger partial charge in [-0.15, -0.1) is 5.10 Å². The highest BCUT2D eigenvalue weighted by atomic mass is 35.5. The first kappa shape index (κ1) is 38.9. The Morgan fingerprint density at radius 2 is 1.60 bits per heavy atom. The summed E-state index contributed by atoms with van der Waals surface area (Å²) in [6.45, 7) is 10.7. The van der Waals surface area contributed by atoms with Crippen molar-refractivity contribution in [3.05, 3.63) is 124 Å². The fourth-order valence-corrected chi connectivity index (χ4v) is 5.20. The minimum Gasteiger partial charge on any atom is -0.497 e. The molecule has 1 fully saturated rings. The first-order chi connectivity index (χ1) is 25.6. The van der Waals surface area contributed by atoms with E-state index in [-0.39, 0.29) is 30.6 Å². The van der Waals surface area contributed by atoms with Gasteiger partial charge in [0.2, 0.25) is 17.5 Å². The highest BCUT2D eigenvalue weighted by molar-refractivity contribution is 6.30. The van der Waals surface area contributed by atoms with Crippen molar-refractivity contribution in [2.24, 2.45) is 5.41 Å². The first-order valence-corrected chi connectivity index (χ1v) is 17.6. The predicted octanol–water partition coefficient (Wildman–Crippen LogP) is 9.67. The molecule has 3 aromatic carbocycles. The van der Waals surface area contributed by atoms with Gasteiger partial charge in [0.15, 0.2) is 0 Å². The van der Waals surface area contributed by atoms with Crippen LogP contribution in [-0.2, 0) is 24.4 Å². The lowest BCUT2D eigenvalue weighted by Crippen LogP contribution is -2.08. The Kier molecular flexibility index (Phi) is 13.5. The number of methoxy groups -OCH3 is 1. The minimum absolute atomic E-state index is 0.0297. The number of hydrogen-bond donors (Lipinski definition) is 1. The third-order valence-corrected chi connectivity index (χ3v) is 8.26. The number of H-pyrrole nitrogens is 1. The molecular weight excluding hydrogens is 704 g/mol. The SMILES string of the molecule is CC.CC1(C)CCOC1.COc1ccc(COc2cc(-c3n[nH]c(Cc4ccc(-c5cccc(OCc6ccc(Cl)cc6F)n5)cc4F)n3)on2)cc1. The van der Waals surface area contributed by atoms with Gasteiger partial charge in [0.1, 0.15) is 36.4 Å². The Bertz CT molecular complexity index is 2060. The summed E-state index contributed by atoms with van der Waals surface area (Å²) in [4.78, 5) is 8.86. The Morgan fingerprint density at radius 1 is 0.849 bits per heavy atom. The fraction of sp³-hybridized carbons (Fsp3) is 0.300. The molecule has 0 spiro atoms.